The van der Waals surface area contributed by atoms with Crippen molar-refractivity contribution in [1.82, 2.24) is 19.4 Å². The molecule has 0 atom stereocenters. The third kappa shape index (κ3) is 4.83. The van der Waals surface area contributed by atoms with Gasteiger partial charge in [-0.3, -0.25) is 4.79 Å². The zero-order valence-corrected chi connectivity index (χ0v) is 19.0. The lowest BCUT2D eigenvalue weighted by Gasteiger charge is -2.15. The van der Waals surface area contributed by atoms with E-state index in [0.717, 1.165) is 48.4 Å². The molecule has 32 heavy (non-hydrogen) atoms. The van der Waals surface area contributed by atoms with Crippen LogP contribution in [0, 0.1) is 6.92 Å². The summed E-state index contributed by atoms with van der Waals surface area (Å²) >= 11 is 0. The first-order valence-electron chi connectivity index (χ1n) is 11.1. The fraction of sp³-hybridized carbons (Fsp3) is 0.400. The van der Waals surface area contributed by atoms with Gasteiger partial charge in [-0.2, -0.15) is 0 Å². The zero-order valence-electron chi connectivity index (χ0n) is 19.0. The van der Waals surface area contributed by atoms with Crippen molar-refractivity contribution in [1.29, 1.82) is 0 Å². The minimum absolute atomic E-state index is 0.0898. The quantitative estimate of drug-likeness (QED) is 0.534. The Kier molecular flexibility index (Phi) is 6.55. The lowest BCUT2D eigenvalue weighted by atomic mass is 10.1. The topological polar surface area (TPSA) is 67.7 Å². The predicted octanol–water partition coefficient (Wildman–Crippen LogP) is 3.35. The van der Waals surface area contributed by atoms with Gasteiger partial charge in [-0.15, -0.1) is 0 Å². The average molecular weight is 435 g/mol. The molecule has 0 N–H and O–H groups in total. The van der Waals surface area contributed by atoms with Crippen molar-refractivity contribution in [2.24, 2.45) is 0 Å². The number of benzene rings is 2. The van der Waals surface area contributed by atoms with Gasteiger partial charge in [0, 0.05) is 31.7 Å². The molecule has 1 aliphatic heterocycles. The monoisotopic (exact) mass is 434 g/mol. The van der Waals surface area contributed by atoms with E-state index in [9.17, 15) is 9.59 Å². The van der Waals surface area contributed by atoms with Crippen LogP contribution in [0.25, 0.3) is 11.0 Å². The Balaban J connectivity index is 1.51. The first-order valence-corrected chi connectivity index (χ1v) is 11.1. The summed E-state index contributed by atoms with van der Waals surface area (Å²) in [5.74, 6) is 0.664. The van der Waals surface area contributed by atoms with Crippen LogP contribution in [-0.4, -0.2) is 71.6 Å². The Bertz CT molecular complexity index is 1110. The SMILES string of the molecule is Cc1nc2ccc(C(=O)N3CCCC3)cc2n1Cc1ccc(C(=O)OCCN(C)C)cc1. The van der Waals surface area contributed by atoms with Crippen molar-refractivity contribution in [3.8, 4) is 0 Å². The van der Waals surface area contributed by atoms with E-state index < -0.39 is 0 Å². The van der Waals surface area contributed by atoms with Gasteiger partial charge in [0.1, 0.15) is 12.4 Å². The number of likely N-dealkylation sites (tertiary alicyclic amines) is 1. The van der Waals surface area contributed by atoms with Crippen molar-refractivity contribution in [3.63, 3.8) is 0 Å². The van der Waals surface area contributed by atoms with E-state index in [1.54, 1.807) is 12.1 Å². The molecule has 7 nitrogen and oxygen atoms in total. The highest BCUT2D eigenvalue weighted by atomic mass is 16.5. The predicted molar refractivity (Wildman–Crippen MR) is 124 cm³/mol. The van der Waals surface area contributed by atoms with E-state index in [4.69, 9.17) is 4.74 Å². The van der Waals surface area contributed by atoms with Crippen LogP contribution in [-0.2, 0) is 11.3 Å². The van der Waals surface area contributed by atoms with Crippen LogP contribution in [0.15, 0.2) is 42.5 Å². The van der Waals surface area contributed by atoms with E-state index in [2.05, 4.69) is 9.55 Å². The standard InChI is InChI=1S/C25H30N4O3/c1-18-26-22-11-10-21(24(30)28-12-4-5-13-28)16-23(22)29(18)17-19-6-8-20(9-7-19)25(31)32-15-14-27(2)3/h6-11,16H,4-5,12-15,17H2,1-3H3. The number of nitrogens with zero attached hydrogens (tertiary/aromatic N) is 4. The first-order chi connectivity index (χ1) is 15.4. The first kappa shape index (κ1) is 22.0. The van der Waals surface area contributed by atoms with Crippen LogP contribution >= 0.6 is 0 Å². The normalized spacial score (nSPS) is 13.8. The smallest absolute Gasteiger partial charge is 0.338 e. The Hall–Kier alpha value is -3.19. The molecule has 7 heteroatoms. The number of fused-ring (bicyclic) bond motifs is 1. The maximum atomic E-state index is 12.8. The highest BCUT2D eigenvalue weighted by molar-refractivity contribution is 5.97. The number of carbonyl (C=O) groups is 2. The van der Waals surface area contributed by atoms with Crippen LogP contribution in [0.1, 0.15) is 44.9 Å². The van der Waals surface area contributed by atoms with Gasteiger partial charge in [-0.1, -0.05) is 12.1 Å². The number of aryl methyl sites for hydroxylation is 1. The van der Waals surface area contributed by atoms with Crippen LogP contribution < -0.4 is 0 Å². The summed E-state index contributed by atoms with van der Waals surface area (Å²) < 4.78 is 7.42. The van der Waals surface area contributed by atoms with E-state index in [-0.39, 0.29) is 11.9 Å². The Morgan fingerprint density at radius 1 is 1.03 bits per heavy atom. The van der Waals surface area contributed by atoms with Crippen molar-refractivity contribution in [2.45, 2.75) is 26.3 Å². The van der Waals surface area contributed by atoms with Gasteiger partial charge in [0.2, 0.25) is 0 Å². The van der Waals surface area contributed by atoms with Crippen molar-refractivity contribution in [3.05, 3.63) is 65.0 Å². The van der Waals surface area contributed by atoms with Gasteiger partial charge in [-0.25, -0.2) is 9.78 Å². The van der Waals surface area contributed by atoms with Gasteiger partial charge in [-0.05, 0) is 69.8 Å². The molecule has 1 aromatic heterocycles. The van der Waals surface area contributed by atoms with Crippen molar-refractivity contribution >= 4 is 22.9 Å². The number of ether oxygens (including phenoxy) is 1. The third-order valence-corrected chi connectivity index (χ3v) is 5.88. The van der Waals surface area contributed by atoms with Crippen LogP contribution in [0.5, 0.6) is 0 Å². The summed E-state index contributed by atoms with van der Waals surface area (Å²) in [7, 11) is 3.88. The molecular weight excluding hydrogens is 404 g/mol. The molecule has 0 spiro atoms. The molecule has 0 aliphatic carbocycles. The van der Waals surface area contributed by atoms with E-state index >= 15 is 0 Å². The second-order valence-electron chi connectivity index (χ2n) is 8.58. The maximum absolute atomic E-state index is 12.8. The number of esters is 1. The summed E-state index contributed by atoms with van der Waals surface area (Å²) in [5.41, 5.74) is 4.12. The molecular formula is C25H30N4O3. The average Bonchev–Trinajstić information content (AvgIpc) is 3.42. The highest BCUT2D eigenvalue weighted by Gasteiger charge is 2.20. The second-order valence-corrected chi connectivity index (χ2v) is 8.58. The molecule has 4 rings (SSSR count). The van der Waals surface area contributed by atoms with Gasteiger partial charge in [0.15, 0.2) is 0 Å². The van der Waals surface area contributed by atoms with Gasteiger partial charge < -0.3 is 19.1 Å². The fourth-order valence-corrected chi connectivity index (χ4v) is 4.01. The van der Waals surface area contributed by atoms with Crippen LogP contribution in [0.4, 0.5) is 0 Å². The van der Waals surface area contributed by atoms with Gasteiger partial charge >= 0.3 is 5.97 Å². The number of imidazole rings is 1. The zero-order chi connectivity index (χ0) is 22.7. The van der Waals surface area contributed by atoms with Crippen LogP contribution in [0.3, 0.4) is 0 Å². The van der Waals surface area contributed by atoms with Gasteiger partial charge in [0.25, 0.3) is 5.91 Å². The minimum Gasteiger partial charge on any atom is -0.461 e. The molecule has 0 saturated carbocycles. The molecule has 1 aliphatic rings. The maximum Gasteiger partial charge on any atom is 0.338 e. The van der Waals surface area contributed by atoms with E-state index in [1.807, 2.05) is 61.2 Å². The second kappa shape index (κ2) is 9.53. The number of amides is 1. The summed E-state index contributed by atoms with van der Waals surface area (Å²) in [4.78, 5) is 33.6. The molecule has 168 valence electrons. The van der Waals surface area contributed by atoms with E-state index in [0.29, 0.717) is 30.8 Å². The summed E-state index contributed by atoms with van der Waals surface area (Å²) in [6.07, 6.45) is 2.15. The minimum atomic E-state index is -0.312. The lowest BCUT2D eigenvalue weighted by Crippen LogP contribution is -2.27. The van der Waals surface area contributed by atoms with Crippen molar-refractivity contribution < 1.29 is 14.3 Å². The Labute approximate surface area is 188 Å². The molecule has 0 unspecified atom stereocenters. The largest absolute Gasteiger partial charge is 0.461 e. The number of hydrogen-bond donors (Lipinski definition) is 0. The molecule has 1 saturated heterocycles. The van der Waals surface area contributed by atoms with Gasteiger partial charge in [0.05, 0.1) is 16.6 Å². The third-order valence-electron chi connectivity index (χ3n) is 5.88. The van der Waals surface area contributed by atoms with Crippen molar-refractivity contribution in [2.75, 3.05) is 40.3 Å². The molecule has 3 aromatic rings. The Morgan fingerprint density at radius 3 is 2.41 bits per heavy atom. The van der Waals surface area contributed by atoms with E-state index in [1.165, 1.54) is 0 Å². The molecule has 0 radical (unpaired) electrons. The molecule has 2 aromatic carbocycles. The van der Waals surface area contributed by atoms with Crippen LogP contribution in [0.2, 0.25) is 0 Å². The molecule has 1 amide bonds. The number of rotatable bonds is 7. The number of likely N-dealkylation sites (N-methyl/N-ethyl adjacent to an activating group) is 1. The number of carbonyl (C=O) groups excluding carboxylic acids is 2. The molecule has 2 heterocycles. The summed E-state index contributed by atoms with van der Waals surface area (Å²) in [6.45, 7) is 5.31. The fourth-order valence-electron chi connectivity index (χ4n) is 4.01. The lowest BCUT2D eigenvalue weighted by molar-refractivity contribution is 0.0481. The Morgan fingerprint density at radius 2 is 1.72 bits per heavy atom. The number of hydrogen-bond acceptors (Lipinski definition) is 5. The molecule has 1 fully saturated rings. The summed E-state index contributed by atoms with van der Waals surface area (Å²) in [6, 6.07) is 13.2. The number of aromatic nitrogens is 2. The highest BCUT2D eigenvalue weighted by Crippen LogP contribution is 2.22. The molecule has 0 bridgehead atoms. The summed E-state index contributed by atoms with van der Waals surface area (Å²) in [5, 5.41) is 0.